The molecule has 0 radical (unpaired) electrons. The summed E-state index contributed by atoms with van der Waals surface area (Å²) in [6.45, 7) is 9.08. The van der Waals surface area contributed by atoms with Crippen molar-refractivity contribution in [2.45, 2.75) is 89.6 Å². The van der Waals surface area contributed by atoms with Crippen LogP contribution in [0, 0.1) is 0 Å². The van der Waals surface area contributed by atoms with Gasteiger partial charge >= 0.3 is 5.69 Å². The molecule has 212 valence electrons. The van der Waals surface area contributed by atoms with Crippen LogP contribution in [0.25, 0.3) is 0 Å². The number of methoxy groups -OCH3 is 1. The molecule has 1 unspecified atom stereocenters. The topological polar surface area (TPSA) is 106 Å². The van der Waals surface area contributed by atoms with Crippen LogP contribution in [-0.4, -0.2) is 68.8 Å². The van der Waals surface area contributed by atoms with Gasteiger partial charge in [-0.1, -0.05) is 24.6 Å². The monoisotopic (exact) mass is 539 g/mol. The molecule has 2 aliphatic heterocycles. The number of hydrogen-bond donors (Lipinski definition) is 1. The van der Waals surface area contributed by atoms with Crippen molar-refractivity contribution >= 4 is 17.6 Å². The third kappa shape index (κ3) is 6.74. The second-order valence-electron chi connectivity index (χ2n) is 11.7. The molecule has 2 saturated heterocycles. The molecule has 1 atom stereocenters. The molecule has 4 rings (SSSR count). The van der Waals surface area contributed by atoms with Crippen molar-refractivity contribution in [2.75, 3.05) is 25.6 Å². The van der Waals surface area contributed by atoms with E-state index in [9.17, 15) is 14.4 Å². The first-order valence-electron chi connectivity index (χ1n) is 13.7. The van der Waals surface area contributed by atoms with Gasteiger partial charge in [-0.25, -0.2) is 4.79 Å². The van der Waals surface area contributed by atoms with E-state index in [4.69, 9.17) is 9.57 Å². The van der Waals surface area contributed by atoms with E-state index >= 15 is 0 Å². The summed E-state index contributed by atoms with van der Waals surface area (Å²) in [7, 11) is 1.74. The maximum atomic E-state index is 13.3. The minimum Gasteiger partial charge on any atom is -0.381 e. The number of hydrogen-bond acceptors (Lipinski definition) is 7. The molecule has 10 heteroatoms. The lowest BCUT2D eigenvalue weighted by Crippen LogP contribution is -2.62. The zero-order chi connectivity index (χ0) is 28.2. The lowest BCUT2D eigenvalue weighted by Gasteiger charge is -2.53. The summed E-state index contributed by atoms with van der Waals surface area (Å²) >= 11 is 0. The SMILES string of the molecule is COC1CC(C)(C)N(OCC(N2CCCCCC2=O)n2ccc(NC(=O)c3ccccc3)nc2=O)C(C)(C)C1. The van der Waals surface area contributed by atoms with Gasteiger partial charge in [-0.15, -0.1) is 0 Å². The fourth-order valence-corrected chi connectivity index (χ4v) is 5.96. The van der Waals surface area contributed by atoms with Crippen molar-refractivity contribution < 1.29 is 19.2 Å². The first-order valence-corrected chi connectivity index (χ1v) is 13.7. The quantitative estimate of drug-likeness (QED) is 0.541. The van der Waals surface area contributed by atoms with E-state index in [1.54, 1.807) is 48.5 Å². The van der Waals surface area contributed by atoms with Crippen LogP contribution >= 0.6 is 0 Å². The van der Waals surface area contributed by atoms with Crippen molar-refractivity contribution in [1.29, 1.82) is 0 Å². The van der Waals surface area contributed by atoms with Crippen LogP contribution in [-0.2, 0) is 14.4 Å². The largest absolute Gasteiger partial charge is 0.381 e. The van der Waals surface area contributed by atoms with Crippen molar-refractivity contribution in [2.24, 2.45) is 0 Å². The van der Waals surface area contributed by atoms with Gasteiger partial charge in [-0.05, 0) is 71.6 Å². The third-order valence-corrected chi connectivity index (χ3v) is 7.64. The van der Waals surface area contributed by atoms with E-state index in [-0.39, 0.29) is 41.4 Å². The Morgan fingerprint density at radius 2 is 1.74 bits per heavy atom. The highest BCUT2D eigenvalue weighted by Gasteiger charge is 2.47. The van der Waals surface area contributed by atoms with Gasteiger partial charge < -0.3 is 15.0 Å². The lowest BCUT2D eigenvalue weighted by molar-refractivity contribution is -0.301. The van der Waals surface area contributed by atoms with E-state index < -0.39 is 11.9 Å². The Bertz CT molecular complexity index is 1190. The van der Waals surface area contributed by atoms with E-state index in [2.05, 4.69) is 38.0 Å². The number of amides is 2. The molecule has 2 aromatic rings. The molecule has 1 N–H and O–H groups in total. The van der Waals surface area contributed by atoms with Gasteiger partial charge in [0.25, 0.3) is 5.91 Å². The summed E-state index contributed by atoms with van der Waals surface area (Å²) in [6.07, 6.45) is 5.66. The molecule has 0 spiro atoms. The van der Waals surface area contributed by atoms with E-state index in [0.29, 0.717) is 18.5 Å². The summed E-state index contributed by atoms with van der Waals surface area (Å²) in [5.41, 5.74) is -0.759. The molecule has 2 fully saturated rings. The number of benzene rings is 1. The van der Waals surface area contributed by atoms with Gasteiger partial charge in [-0.2, -0.15) is 10.0 Å². The van der Waals surface area contributed by atoms with Crippen molar-refractivity contribution in [3.05, 3.63) is 58.6 Å². The number of likely N-dealkylation sites (tertiary alicyclic amines) is 1. The average molecular weight is 540 g/mol. The molecule has 1 aromatic heterocycles. The van der Waals surface area contributed by atoms with Gasteiger partial charge in [-0.3, -0.25) is 19.0 Å². The van der Waals surface area contributed by atoms with Crippen molar-refractivity contribution in [3.8, 4) is 0 Å². The zero-order valence-electron chi connectivity index (χ0n) is 23.7. The number of nitrogens with one attached hydrogen (secondary N) is 1. The normalized spacial score (nSPS) is 20.8. The van der Waals surface area contributed by atoms with Crippen LogP contribution in [0.2, 0.25) is 0 Å². The second kappa shape index (κ2) is 12.0. The summed E-state index contributed by atoms with van der Waals surface area (Å²) in [4.78, 5) is 51.4. The number of carbonyl (C=O) groups excluding carboxylic acids is 2. The Labute approximate surface area is 230 Å². The van der Waals surface area contributed by atoms with Crippen LogP contribution in [0.5, 0.6) is 0 Å². The van der Waals surface area contributed by atoms with Gasteiger partial charge in [0.2, 0.25) is 5.91 Å². The zero-order valence-corrected chi connectivity index (χ0v) is 23.7. The minimum atomic E-state index is -0.679. The predicted octanol–water partition coefficient (Wildman–Crippen LogP) is 4.00. The van der Waals surface area contributed by atoms with Crippen LogP contribution in [0.3, 0.4) is 0 Å². The van der Waals surface area contributed by atoms with Crippen LogP contribution in [0.1, 0.15) is 82.7 Å². The Morgan fingerprint density at radius 1 is 1.05 bits per heavy atom. The fraction of sp³-hybridized carbons (Fsp3) is 0.586. The number of rotatable bonds is 8. The van der Waals surface area contributed by atoms with Crippen LogP contribution in [0.4, 0.5) is 5.82 Å². The number of hydroxylamine groups is 2. The van der Waals surface area contributed by atoms with E-state index in [0.717, 1.165) is 32.1 Å². The summed E-state index contributed by atoms with van der Waals surface area (Å²) in [5, 5.41) is 4.68. The van der Waals surface area contributed by atoms with Gasteiger partial charge in [0.1, 0.15) is 18.6 Å². The fourth-order valence-electron chi connectivity index (χ4n) is 5.96. The lowest BCUT2D eigenvalue weighted by atomic mass is 9.80. The smallest absolute Gasteiger partial charge is 0.351 e. The van der Waals surface area contributed by atoms with Gasteiger partial charge in [0.15, 0.2) is 0 Å². The van der Waals surface area contributed by atoms with Gasteiger partial charge in [0, 0.05) is 42.9 Å². The Kier molecular flexibility index (Phi) is 8.88. The van der Waals surface area contributed by atoms with Crippen molar-refractivity contribution in [1.82, 2.24) is 19.5 Å². The molecule has 0 saturated carbocycles. The molecule has 39 heavy (non-hydrogen) atoms. The molecule has 2 amide bonds. The molecule has 3 heterocycles. The third-order valence-electron chi connectivity index (χ3n) is 7.64. The van der Waals surface area contributed by atoms with E-state index in [1.165, 1.54) is 4.57 Å². The van der Waals surface area contributed by atoms with Crippen LogP contribution in [0.15, 0.2) is 47.4 Å². The molecule has 1 aromatic carbocycles. The molecular formula is C29H41N5O5. The molecular weight excluding hydrogens is 498 g/mol. The number of aromatic nitrogens is 2. The number of nitrogens with zero attached hydrogens (tertiary/aromatic N) is 4. The molecule has 0 aliphatic carbocycles. The first kappa shape index (κ1) is 28.9. The summed E-state index contributed by atoms with van der Waals surface area (Å²) < 4.78 is 7.13. The number of anilines is 1. The highest BCUT2D eigenvalue weighted by molar-refractivity contribution is 6.03. The Hall–Kier alpha value is -3.08. The molecule has 0 bridgehead atoms. The highest BCUT2D eigenvalue weighted by atomic mass is 16.7. The Morgan fingerprint density at radius 3 is 2.38 bits per heavy atom. The summed E-state index contributed by atoms with van der Waals surface area (Å²) in [6, 6.07) is 10.3. The minimum absolute atomic E-state index is 0.00827. The second-order valence-corrected chi connectivity index (χ2v) is 11.7. The first-order chi connectivity index (χ1) is 18.5. The average Bonchev–Trinajstić information content (AvgIpc) is 3.10. The Balaban J connectivity index is 1.60. The maximum absolute atomic E-state index is 13.3. The molecule has 2 aliphatic rings. The maximum Gasteiger partial charge on any atom is 0.351 e. The predicted molar refractivity (Wildman–Crippen MR) is 148 cm³/mol. The number of ether oxygens (including phenoxy) is 1. The number of carbonyl (C=O) groups is 2. The molecule has 10 nitrogen and oxygen atoms in total. The van der Waals surface area contributed by atoms with Gasteiger partial charge in [0.05, 0.1) is 6.10 Å². The summed E-state index contributed by atoms with van der Waals surface area (Å²) in [5.74, 6) is -0.214. The van der Waals surface area contributed by atoms with E-state index in [1.807, 2.05) is 11.1 Å². The van der Waals surface area contributed by atoms with Crippen LogP contribution < -0.4 is 11.0 Å². The van der Waals surface area contributed by atoms with Crippen molar-refractivity contribution in [3.63, 3.8) is 0 Å². The highest BCUT2D eigenvalue weighted by Crippen LogP contribution is 2.40. The number of piperidine rings is 1. The standard InChI is InChI=1S/C29H41N5O5/c1-28(2)18-22(38-5)19-29(3,4)34(28)39-20-24(32-16-11-7-10-14-25(32)35)33-17-15-23(31-27(33)37)30-26(36)21-12-8-6-9-13-21/h6,8-9,12-13,15,17,22,24H,7,10-11,14,16,18-20H2,1-5H3,(H,30,31,36,37).